The topological polar surface area (TPSA) is 41.1 Å². The number of amides is 1. The van der Waals surface area contributed by atoms with Crippen LogP contribution in [0.15, 0.2) is 16.6 Å². The number of aryl methyl sites for hydroxylation is 2. The summed E-state index contributed by atoms with van der Waals surface area (Å²) in [4.78, 5) is 12.1. The van der Waals surface area contributed by atoms with Gasteiger partial charge in [0.1, 0.15) is 0 Å². The summed E-state index contributed by atoms with van der Waals surface area (Å²) in [7, 11) is 0. The largest absolute Gasteiger partial charge is 0.325 e. The molecule has 1 unspecified atom stereocenters. The van der Waals surface area contributed by atoms with Gasteiger partial charge in [0.2, 0.25) is 5.91 Å². The number of benzene rings is 1. The maximum atomic E-state index is 12.1. The van der Waals surface area contributed by atoms with Crippen molar-refractivity contribution in [2.24, 2.45) is 0 Å². The van der Waals surface area contributed by atoms with E-state index in [1.54, 1.807) is 0 Å². The second-order valence-corrected chi connectivity index (χ2v) is 5.71. The van der Waals surface area contributed by atoms with Crippen LogP contribution in [0, 0.1) is 13.8 Å². The van der Waals surface area contributed by atoms with Crippen molar-refractivity contribution in [3.63, 3.8) is 0 Å². The molecule has 1 atom stereocenters. The minimum atomic E-state index is -0.0389. The smallest absolute Gasteiger partial charge is 0.241 e. The molecule has 18 heavy (non-hydrogen) atoms. The first-order valence-electron chi connectivity index (χ1n) is 6.39. The summed E-state index contributed by atoms with van der Waals surface area (Å²) in [6.45, 7) is 5.01. The summed E-state index contributed by atoms with van der Waals surface area (Å²) in [5, 5.41) is 6.26. The van der Waals surface area contributed by atoms with Crippen molar-refractivity contribution in [2.75, 3.05) is 11.9 Å². The van der Waals surface area contributed by atoms with Gasteiger partial charge in [0.05, 0.1) is 6.04 Å². The van der Waals surface area contributed by atoms with Crippen LogP contribution < -0.4 is 10.6 Å². The molecule has 98 valence electrons. The van der Waals surface area contributed by atoms with Gasteiger partial charge in [0.15, 0.2) is 0 Å². The second-order valence-electron chi connectivity index (χ2n) is 4.92. The standard InChI is InChI=1S/C14H19BrN2O/c1-9-7-11(8-10(2)13(9)15)17-14(18)12-5-3-4-6-16-12/h7-8,12,16H,3-6H2,1-2H3,(H,17,18). The molecule has 1 heterocycles. The van der Waals surface area contributed by atoms with Gasteiger partial charge in [-0.3, -0.25) is 4.79 Å². The molecule has 1 aromatic rings. The van der Waals surface area contributed by atoms with Crippen LogP contribution in [0.5, 0.6) is 0 Å². The Morgan fingerprint density at radius 1 is 1.33 bits per heavy atom. The molecular formula is C14H19BrN2O. The van der Waals surface area contributed by atoms with Crippen LogP contribution in [0.1, 0.15) is 30.4 Å². The van der Waals surface area contributed by atoms with Crippen LogP contribution in [-0.4, -0.2) is 18.5 Å². The van der Waals surface area contributed by atoms with Crippen LogP contribution in [-0.2, 0) is 4.79 Å². The summed E-state index contributed by atoms with van der Waals surface area (Å²) >= 11 is 3.53. The zero-order valence-corrected chi connectivity index (χ0v) is 12.4. The lowest BCUT2D eigenvalue weighted by Gasteiger charge is -2.22. The van der Waals surface area contributed by atoms with Crippen LogP contribution in [0.4, 0.5) is 5.69 Å². The highest BCUT2D eigenvalue weighted by Gasteiger charge is 2.20. The molecule has 2 N–H and O–H groups in total. The van der Waals surface area contributed by atoms with Crippen molar-refractivity contribution in [3.8, 4) is 0 Å². The second kappa shape index (κ2) is 5.85. The Morgan fingerprint density at radius 2 is 2.00 bits per heavy atom. The molecule has 4 heteroatoms. The SMILES string of the molecule is Cc1cc(NC(=O)C2CCCCN2)cc(C)c1Br. The monoisotopic (exact) mass is 310 g/mol. The Bertz CT molecular complexity index is 430. The fourth-order valence-corrected chi connectivity index (χ4v) is 2.55. The van der Waals surface area contributed by atoms with E-state index in [0.717, 1.165) is 40.7 Å². The first-order valence-corrected chi connectivity index (χ1v) is 7.18. The Labute approximate surface area is 116 Å². The highest BCUT2D eigenvalue weighted by Crippen LogP contribution is 2.25. The third kappa shape index (κ3) is 3.12. The van der Waals surface area contributed by atoms with Crippen LogP contribution in [0.25, 0.3) is 0 Å². The van der Waals surface area contributed by atoms with Crippen LogP contribution >= 0.6 is 15.9 Å². The van der Waals surface area contributed by atoms with Crippen molar-refractivity contribution in [1.82, 2.24) is 5.32 Å². The molecule has 0 bridgehead atoms. The highest BCUT2D eigenvalue weighted by atomic mass is 79.9. The minimum absolute atomic E-state index is 0.0389. The van der Waals surface area contributed by atoms with Crippen molar-refractivity contribution in [1.29, 1.82) is 0 Å². The summed E-state index contributed by atoms with van der Waals surface area (Å²) in [6.07, 6.45) is 3.23. The number of anilines is 1. The van der Waals surface area contributed by atoms with E-state index < -0.39 is 0 Å². The molecule has 0 saturated carbocycles. The van der Waals surface area contributed by atoms with Gasteiger partial charge < -0.3 is 10.6 Å². The van der Waals surface area contributed by atoms with Gasteiger partial charge in [-0.1, -0.05) is 22.4 Å². The molecule has 1 aromatic carbocycles. The van der Waals surface area contributed by atoms with E-state index in [1.165, 1.54) is 6.42 Å². The van der Waals surface area contributed by atoms with E-state index in [2.05, 4.69) is 26.6 Å². The van der Waals surface area contributed by atoms with Crippen molar-refractivity contribution in [2.45, 2.75) is 39.2 Å². The van der Waals surface area contributed by atoms with E-state index in [0.29, 0.717) is 0 Å². The quantitative estimate of drug-likeness (QED) is 0.881. The molecule has 1 aliphatic heterocycles. The maximum Gasteiger partial charge on any atom is 0.241 e. The van der Waals surface area contributed by atoms with Gasteiger partial charge >= 0.3 is 0 Å². The van der Waals surface area contributed by atoms with Gasteiger partial charge in [0.25, 0.3) is 0 Å². The van der Waals surface area contributed by atoms with Gasteiger partial charge in [-0.05, 0) is 56.5 Å². The van der Waals surface area contributed by atoms with Crippen molar-refractivity contribution in [3.05, 3.63) is 27.7 Å². The lowest BCUT2D eigenvalue weighted by molar-refractivity contribution is -0.118. The molecule has 1 saturated heterocycles. The van der Waals surface area contributed by atoms with Gasteiger partial charge in [-0.2, -0.15) is 0 Å². The average molecular weight is 311 g/mol. The molecule has 2 rings (SSSR count). The van der Waals surface area contributed by atoms with Gasteiger partial charge in [-0.15, -0.1) is 0 Å². The normalized spacial score (nSPS) is 19.6. The van der Waals surface area contributed by atoms with E-state index in [-0.39, 0.29) is 11.9 Å². The van der Waals surface area contributed by atoms with Crippen LogP contribution in [0.2, 0.25) is 0 Å². The fourth-order valence-electron chi connectivity index (χ4n) is 2.32. The Balaban J connectivity index is 2.06. The molecule has 0 aromatic heterocycles. The minimum Gasteiger partial charge on any atom is -0.325 e. The Hall–Kier alpha value is -0.870. The number of rotatable bonds is 2. The molecule has 1 amide bonds. The number of nitrogens with one attached hydrogen (secondary N) is 2. The van der Waals surface area contributed by atoms with E-state index in [9.17, 15) is 4.79 Å². The zero-order chi connectivity index (χ0) is 13.1. The van der Waals surface area contributed by atoms with Gasteiger partial charge in [0, 0.05) is 10.2 Å². The third-order valence-electron chi connectivity index (χ3n) is 3.33. The summed E-state index contributed by atoms with van der Waals surface area (Å²) in [6, 6.07) is 3.96. The van der Waals surface area contributed by atoms with E-state index in [1.807, 2.05) is 26.0 Å². The first kappa shape index (κ1) is 13.6. The molecule has 0 aliphatic carbocycles. The summed E-state index contributed by atoms with van der Waals surface area (Å²) in [5.74, 6) is 0.0795. The number of hydrogen-bond donors (Lipinski definition) is 2. The first-order chi connectivity index (χ1) is 8.58. The fraction of sp³-hybridized carbons (Fsp3) is 0.500. The molecular weight excluding hydrogens is 292 g/mol. The van der Waals surface area contributed by atoms with E-state index >= 15 is 0 Å². The molecule has 1 aliphatic rings. The highest BCUT2D eigenvalue weighted by molar-refractivity contribution is 9.10. The number of hydrogen-bond acceptors (Lipinski definition) is 2. The number of halogens is 1. The number of piperidine rings is 1. The zero-order valence-electron chi connectivity index (χ0n) is 10.8. The Morgan fingerprint density at radius 3 is 2.56 bits per heavy atom. The molecule has 1 fully saturated rings. The lowest BCUT2D eigenvalue weighted by atomic mass is 10.0. The van der Waals surface area contributed by atoms with E-state index in [4.69, 9.17) is 0 Å². The van der Waals surface area contributed by atoms with Crippen LogP contribution in [0.3, 0.4) is 0 Å². The van der Waals surface area contributed by atoms with Crippen molar-refractivity contribution < 1.29 is 4.79 Å². The lowest BCUT2D eigenvalue weighted by Crippen LogP contribution is -2.43. The van der Waals surface area contributed by atoms with Crippen molar-refractivity contribution >= 4 is 27.5 Å². The van der Waals surface area contributed by atoms with Gasteiger partial charge in [-0.25, -0.2) is 0 Å². The summed E-state index contributed by atoms with van der Waals surface area (Å²) in [5.41, 5.74) is 3.16. The number of carbonyl (C=O) groups excluding carboxylic acids is 1. The third-order valence-corrected chi connectivity index (χ3v) is 4.58. The summed E-state index contributed by atoms with van der Waals surface area (Å²) < 4.78 is 1.11. The maximum absolute atomic E-state index is 12.1. The molecule has 3 nitrogen and oxygen atoms in total. The predicted octanol–water partition coefficient (Wildman–Crippen LogP) is 3.15. The Kier molecular flexibility index (Phi) is 4.40. The molecule has 0 spiro atoms. The average Bonchev–Trinajstić information content (AvgIpc) is 2.37. The predicted molar refractivity (Wildman–Crippen MR) is 77.9 cm³/mol. The number of carbonyl (C=O) groups is 1. The molecule has 0 radical (unpaired) electrons.